The Hall–Kier alpha value is -1.07. The molecule has 2 fully saturated rings. The molecular weight excluding hydrogens is 278 g/mol. The Morgan fingerprint density at radius 3 is 3.00 bits per heavy atom. The summed E-state index contributed by atoms with van der Waals surface area (Å²) >= 11 is 6.13. The molecule has 2 unspecified atom stereocenters. The van der Waals surface area contributed by atoms with Crippen LogP contribution in [0.5, 0.6) is 0 Å². The first-order valence-electron chi connectivity index (χ1n) is 7.29. The first-order valence-corrected chi connectivity index (χ1v) is 7.66. The van der Waals surface area contributed by atoms with Gasteiger partial charge in [0.1, 0.15) is 5.69 Å². The van der Waals surface area contributed by atoms with Gasteiger partial charge in [-0.25, -0.2) is 4.68 Å². The van der Waals surface area contributed by atoms with E-state index in [4.69, 9.17) is 16.3 Å². The fraction of sp³-hybridized carbons (Fsp3) is 0.714. The van der Waals surface area contributed by atoms with Crippen LogP contribution in [0.25, 0.3) is 0 Å². The second kappa shape index (κ2) is 5.74. The van der Waals surface area contributed by atoms with Gasteiger partial charge in [-0.1, -0.05) is 11.6 Å². The van der Waals surface area contributed by atoms with E-state index in [-0.39, 0.29) is 17.7 Å². The van der Waals surface area contributed by atoms with Crippen LogP contribution in [0.4, 0.5) is 5.69 Å². The summed E-state index contributed by atoms with van der Waals surface area (Å²) in [7, 11) is 0. The van der Waals surface area contributed by atoms with Crippen molar-refractivity contribution in [1.29, 1.82) is 0 Å². The number of nitrogens with one attached hydrogen (secondary N) is 1. The molecule has 2 atom stereocenters. The molecule has 0 radical (unpaired) electrons. The van der Waals surface area contributed by atoms with Crippen LogP contribution in [0, 0.1) is 5.92 Å². The molecule has 1 aromatic heterocycles. The van der Waals surface area contributed by atoms with Crippen molar-refractivity contribution in [2.75, 3.05) is 11.9 Å². The molecule has 2 heterocycles. The van der Waals surface area contributed by atoms with Crippen LogP contribution in [0.15, 0.2) is 11.0 Å². The lowest BCUT2D eigenvalue weighted by atomic mass is 10.1. The molecule has 20 heavy (non-hydrogen) atoms. The zero-order chi connectivity index (χ0) is 14.1. The van der Waals surface area contributed by atoms with Crippen molar-refractivity contribution >= 4 is 17.3 Å². The number of ether oxygens (including phenoxy) is 1. The Morgan fingerprint density at radius 1 is 1.55 bits per heavy atom. The summed E-state index contributed by atoms with van der Waals surface area (Å²) in [6, 6.07) is 0.0690. The lowest BCUT2D eigenvalue weighted by Gasteiger charge is -2.21. The number of halogens is 1. The largest absolute Gasteiger partial charge is 0.376 e. The molecule has 0 spiro atoms. The molecule has 1 aliphatic heterocycles. The average molecular weight is 298 g/mol. The normalized spacial score (nSPS) is 23.8. The first kappa shape index (κ1) is 13.9. The summed E-state index contributed by atoms with van der Waals surface area (Å²) in [5, 5.41) is 7.73. The van der Waals surface area contributed by atoms with Crippen LogP contribution in [-0.4, -0.2) is 28.5 Å². The molecule has 0 bridgehead atoms. The minimum atomic E-state index is -0.130. The summed E-state index contributed by atoms with van der Waals surface area (Å²) < 4.78 is 7.16. The molecule has 3 rings (SSSR count). The predicted octanol–water partition coefficient (Wildman–Crippen LogP) is 2.29. The third-order valence-electron chi connectivity index (χ3n) is 4.02. The highest BCUT2D eigenvalue weighted by Crippen LogP contribution is 2.30. The summed E-state index contributed by atoms with van der Waals surface area (Å²) in [5.41, 5.74) is 0.319. The number of nitrogens with zero attached hydrogens (tertiary/aromatic N) is 2. The SMILES string of the molecule is CC(Nc1c(Cl)cnn(CC2CC2)c1=O)C1CCCO1. The highest BCUT2D eigenvalue weighted by molar-refractivity contribution is 6.33. The van der Waals surface area contributed by atoms with Gasteiger partial charge in [0, 0.05) is 19.2 Å². The maximum atomic E-state index is 12.4. The Morgan fingerprint density at radius 2 is 2.35 bits per heavy atom. The van der Waals surface area contributed by atoms with Gasteiger partial charge in [0.05, 0.1) is 17.3 Å². The lowest BCUT2D eigenvalue weighted by Crippen LogP contribution is -2.35. The van der Waals surface area contributed by atoms with Crippen molar-refractivity contribution in [3.63, 3.8) is 0 Å². The molecule has 2 aliphatic rings. The van der Waals surface area contributed by atoms with Crippen LogP contribution in [0.3, 0.4) is 0 Å². The van der Waals surface area contributed by atoms with Crippen molar-refractivity contribution in [2.24, 2.45) is 5.92 Å². The van der Waals surface area contributed by atoms with E-state index in [1.807, 2.05) is 6.92 Å². The van der Waals surface area contributed by atoms with Crippen molar-refractivity contribution in [1.82, 2.24) is 9.78 Å². The maximum Gasteiger partial charge on any atom is 0.291 e. The molecule has 1 aromatic rings. The standard InChI is InChI=1S/C14H20ClN3O2/c1-9(12-3-2-6-20-12)17-13-11(15)7-16-18(14(13)19)8-10-4-5-10/h7,9-10,12,17H,2-6,8H2,1H3. The number of rotatable bonds is 5. The van der Waals surface area contributed by atoms with Gasteiger partial charge < -0.3 is 10.1 Å². The van der Waals surface area contributed by atoms with Crippen molar-refractivity contribution in [3.05, 3.63) is 21.6 Å². The third-order valence-corrected chi connectivity index (χ3v) is 4.31. The highest BCUT2D eigenvalue weighted by atomic mass is 35.5. The Bertz CT molecular complexity index is 536. The summed E-state index contributed by atoms with van der Waals surface area (Å²) in [4.78, 5) is 12.4. The topological polar surface area (TPSA) is 56.2 Å². The minimum absolute atomic E-state index is 0.0690. The highest BCUT2D eigenvalue weighted by Gasteiger charge is 2.26. The third kappa shape index (κ3) is 2.99. The van der Waals surface area contributed by atoms with Gasteiger partial charge in [0.15, 0.2) is 0 Å². The predicted molar refractivity (Wildman–Crippen MR) is 78.3 cm³/mol. The van der Waals surface area contributed by atoms with Gasteiger partial charge in [0.25, 0.3) is 5.56 Å². The van der Waals surface area contributed by atoms with Gasteiger partial charge in [0.2, 0.25) is 0 Å². The molecule has 1 aliphatic carbocycles. The number of aromatic nitrogens is 2. The van der Waals surface area contributed by atoms with Crippen LogP contribution < -0.4 is 10.9 Å². The molecule has 6 heteroatoms. The van der Waals surface area contributed by atoms with Gasteiger partial charge in [-0.3, -0.25) is 4.79 Å². The fourth-order valence-corrected chi connectivity index (χ4v) is 2.77. The Labute approximate surface area is 123 Å². The van der Waals surface area contributed by atoms with E-state index in [1.165, 1.54) is 17.5 Å². The van der Waals surface area contributed by atoms with Gasteiger partial charge in [-0.05, 0) is 38.5 Å². The molecule has 0 amide bonds. The Balaban J connectivity index is 1.78. The molecule has 0 aromatic carbocycles. The van der Waals surface area contributed by atoms with Crippen LogP contribution in [0.1, 0.15) is 32.6 Å². The first-order chi connectivity index (χ1) is 9.65. The number of hydrogen-bond acceptors (Lipinski definition) is 4. The minimum Gasteiger partial charge on any atom is -0.376 e. The monoisotopic (exact) mass is 297 g/mol. The summed E-state index contributed by atoms with van der Waals surface area (Å²) in [6.07, 6.45) is 6.17. The van der Waals surface area contributed by atoms with Crippen molar-refractivity contribution < 1.29 is 4.74 Å². The van der Waals surface area contributed by atoms with Crippen LogP contribution in [-0.2, 0) is 11.3 Å². The van der Waals surface area contributed by atoms with E-state index >= 15 is 0 Å². The molecule has 110 valence electrons. The molecule has 1 N–H and O–H groups in total. The number of anilines is 1. The van der Waals surface area contributed by atoms with Crippen molar-refractivity contribution in [2.45, 2.75) is 51.3 Å². The van der Waals surface area contributed by atoms with Crippen LogP contribution >= 0.6 is 11.6 Å². The zero-order valence-electron chi connectivity index (χ0n) is 11.6. The molecule has 5 nitrogen and oxygen atoms in total. The second-order valence-electron chi connectivity index (χ2n) is 5.78. The zero-order valence-corrected chi connectivity index (χ0v) is 12.4. The van der Waals surface area contributed by atoms with Gasteiger partial charge in [-0.2, -0.15) is 5.10 Å². The molecule has 1 saturated heterocycles. The maximum absolute atomic E-state index is 12.4. The quantitative estimate of drug-likeness (QED) is 0.906. The van der Waals surface area contributed by atoms with Gasteiger partial charge in [-0.15, -0.1) is 0 Å². The second-order valence-corrected chi connectivity index (χ2v) is 6.19. The average Bonchev–Trinajstić information content (AvgIpc) is 3.07. The van der Waals surface area contributed by atoms with Gasteiger partial charge >= 0.3 is 0 Å². The number of hydrogen-bond donors (Lipinski definition) is 1. The van der Waals surface area contributed by atoms with E-state index in [2.05, 4.69) is 10.4 Å². The summed E-state index contributed by atoms with van der Waals surface area (Å²) in [5.74, 6) is 0.602. The summed E-state index contributed by atoms with van der Waals surface area (Å²) in [6.45, 7) is 3.52. The lowest BCUT2D eigenvalue weighted by molar-refractivity contribution is 0.0996. The van der Waals surface area contributed by atoms with E-state index in [1.54, 1.807) is 6.20 Å². The van der Waals surface area contributed by atoms with E-state index < -0.39 is 0 Å². The van der Waals surface area contributed by atoms with Crippen molar-refractivity contribution in [3.8, 4) is 0 Å². The smallest absolute Gasteiger partial charge is 0.291 e. The van der Waals surface area contributed by atoms with E-state index in [9.17, 15) is 4.79 Å². The van der Waals surface area contributed by atoms with E-state index in [0.717, 1.165) is 19.4 Å². The molecule has 1 saturated carbocycles. The Kier molecular flexibility index (Phi) is 3.98. The van der Waals surface area contributed by atoms with E-state index in [0.29, 0.717) is 23.2 Å². The fourth-order valence-electron chi connectivity index (χ4n) is 2.59. The van der Waals surface area contributed by atoms with Crippen LogP contribution in [0.2, 0.25) is 5.02 Å². The molecular formula is C14H20ClN3O2.